The van der Waals surface area contributed by atoms with Crippen molar-refractivity contribution >= 4 is 50.5 Å². The molecule has 0 unspecified atom stereocenters. The first-order valence-electron chi connectivity index (χ1n) is 8.85. The predicted octanol–water partition coefficient (Wildman–Crippen LogP) is 3.25. The van der Waals surface area contributed by atoms with Crippen molar-refractivity contribution in [2.75, 3.05) is 48.2 Å². The van der Waals surface area contributed by atoms with Crippen LogP contribution in [0.25, 0.3) is 0 Å². The van der Waals surface area contributed by atoms with Gasteiger partial charge < -0.3 is 9.80 Å². The maximum atomic E-state index is 13.1. The number of hydrogen-bond acceptors (Lipinski definition) is 4. The van der Waals surface area contributed by atoms with E-state index in [4.69, 9.17) is 23.2 Å². The molecule has 0 spiro atoms. The van der Waals surface area contributed by atoms with Gasteiger partial charge in [-0.2, -0.15) is 0 Å². The van der Waals surface area contributed by atoms with Crippen molar-refractivity contribution in [3.8, 4) is 0 Å². The summed E-state index contributed by atoms with van der Waals surface area (Å²) in [6, 6.07) is 10.6. The second kappa shape index (κ2) is 8.77. The molecule has 1 fully saturated rings. The lowest BCUT2D eigenvalue weighted by atomic mass is 10.2. The molecule has 29 heavy (non-hydrogen) atoms. The average Bonchev–Trinajstić information content (AvgIpc) is 2.65. The summed E-state index contributed by atoms with van der Waals surface area (Å²) in [6.45, 7) is 1.67. The molecule has 0 N–H and O–H groups in total. The van der Waals surface area contributed by atoms with Crippen LogP contribution in [0.1, 0.15) is 0 Å². The van der Waals surface area contributed by atoms with Crippen LogP contribution in [-0.2, 0) is 14.8 Å². The fourth-order valence-corrected chi connectivity index (χ4v) is 4.52. The van der Waals surface area contributed by atoms with E-state index in [1.54, 1.807) is 17.0 Å². The summed E-state index contributed by atoms with van der Waals surface area (Å²) in [5.74, 6) is -0.616. The largest absolute Gasteiger partial charge is 0.368 e. The van der Waals surface area contributed by atoms with Gasteiger partial charge in [-0.05, 0) is 42.5 Å². The van der Waals surface area contributed by atoms with Crippen molar-refractivity contribution in [1.82, 2.24) is 4.90 Å². The summed E-state index contributed by atoms with van der Waals surface area (Å²) < 4.78 is 38.6. The highest BCUT2D eigenvalue weighted by atomic mass is 35.5. The van der Waals surface area contributed by atoms with E-state index in [1.807, 2.05) is 4.90 Å². The van der Waals surface area contributed by atoms with E-state index in [9.17, 15) is 17.6 Å². The highest BCUT2D eigenvalue weighted by Crippen LogP contribution is 2.27. The Bertz CT molecular complexity index is 974. The van der Waals surface area contributed by atoms with E-state index in [2.05, 4.69) is 0 Å². The van der Waals surface area contributed by atoms with Gasteiger partial charge in [0.1, 0.15) is 12.4 Å². The number of benzene rings is 2. The zero-order valence-electron chi connectivity index (χ0n) is 15.7. The molecule has 2 aromatic carbocycles. The number of piperazine rings is 1. The summed E-state index contributed by atoms with van der Waals surface area (Å²) >= 11 is 12.0. The van der Waals surface area contributed by atoms with Gasteiger partial charge in [0, 0.05) is 41.9 Å². The van der Waals surface area contributed by atoms with Gasteiger partial charge in [0.15, 0.2) is 0 Å². The Kier molecular flexibility index (Phi) is 6.55. The number of carbonyl (C=O) groups is 1. The fraction of sp³-hybridized carbons (Fsp3) is 0.316. The van der Waals surface area contributed by atoms with Crippen LogP contribution in [0, 0.1) is 5.82 Å². The van der Waals surface area contributed by atoms with Gasteiger partial charge in [-0.3, -0.25) is 9.10 Å². The first-order chi connectivity index (χ1) is 13.6. The number of anilines is 2. The molecular formula is C19H20Cl2FN3O3S. The van der Waals surface area contributed by atoms with Gasteiger partial charge in [-0.25, -0.2) is 12.8 Å². The monoisotopic (exact) mass is 459 g/mol. The third-order valence-electron chi connectivity index (χ3n) is 4.64. The molecule has 0 radical (unpaired) electrons. The second-order valence-corrected chi connectivity index (χ2v) is 9.52. The van der Waals surface area contributed by atoms with Crippen molar-refractivity contribution in [3.05, 3.63) is 58.3 Å². The maximum absolute atomic E-state index is 13.1. The molecule has 0 atom stereocenters. The lowest BCUT2D eigenvalue weighted by molar-refractivity contribution is -0.129. The number of carbonyl (C=O) groups excluding carboxylic acids is 1. The van der Waals surface area contributed by atoms with Gasteiger partial charge >= 0.3 is 0 Å². The van der Waals surface area contributed by atoms with E-state index in [-0.39, 0.29) is 34.0 Å². The number of hydrogen-bond donors (Lipinski definition) is 0. The van der Waals surface area contributed by atoms with Crippen molar-refractivity contribution in [3.63, 3.8) is 0 Å². The molecule has 0 saturated carbocycles. The standard InChI is InChI=1S/C19H20Cl2FN3O3S/c1-29(27,28)25(18-11-14(20)10-15(21)12-18)13-19(26)24-8-6-23(7-9-24)17-4-2-16(22)3-5-17/h2-5,10-12H,6-9,13H2,1H3. The summed E-state index contributed by atoms with van der Waals surface area (Å²) in [6.07, 6.45) is 1.03. The minimum absolute atomic E-state index is 0.239. The number of nitrogens with zero attached hydrogens (tertiary/aromatic N) is 3. The van der Waals surface area contributed by atoms with E-state index in [0.717, 1.165) is 16.2 Å². The minimum Gasteiger partial charge on any atom is -0.368 e. The van der Waals surface area contributed by atoms with E-state index in [0.29, 0.717) is 26.2 Å². The zero-order chi connectivity index (χ0) is 21.2. The zero-order valence-corrected chi connectivity index (χ0v) is 18.0. The molecule has 2 aromatic rings. The van der Waals surface area contributed by atoms with Crippen molar-refractivity contribution in [2.24, 2.45) is 0 Å². The van der Waals surface area contributed by atoms with Crippen LogP contribution < -0.4 is 9.21 Å². The molecule has 1 aliphatic heterocycles. The predicted molar refractivity (Wildman–Crippen MR) is 114 cm³/mol. The van der Waals surface area contributed by atoms with Crippen LogP contribution in [0.5, 0.6) is 0 Å². The third kappa shape index (κ3) is 5.52. The van der Waals surface area contributed by atoms with Gasteiger partial charge in [-0.15, -0.1) is 0 Å². The van der Waals surface area contributed by atoms with Crippen molar-refractivity contribution in [1.29, 1.82) is 0 Å². The summed E-state index contributed by atoms with van der Waals surface area (Å²) in [5.41, 5.74) is 1.12. The maximum Gasteiger partial charge on any atom is 0.243 e. The smallest absolute Gasteiger partial charge is 0.243 e. The Morgan fingerprint density at radius 3 is 2.10 bits per heavy atom. The normalized spacial score (nSPS) is 14.8. The molecule has 10 heteroatoms. The molecule has 6 nitrogen and oxygen atoms in total. The third-order valence-corrected chi connectivity index (χ3v) is 6.22. The van der Waals surface area contributed by atoms with Gasteiger partial charge in [0.05, 0.1) is 11.9 Å². The number of halogens is 3. The number of sulfonamides is 1. The molecule has 3 rings (SSSR count). The van der Waals surface area contributed by atoms with Crippen LogP contribution in [0.3, 0.4) is 0 Å². The van der Waals surface area contributed by atoms with Crippen LogP contribution in [0.2, 0.25) is 10.0 Å². The van der Waals surface area contributed by atoms with Gasteiger partial charge in [0.25, 0.3) is 0 Å². The van der Waals surface area contributed by atoms with Crippen LogP contribution in [0.15, 0.2) is 42.5 Å². The Hall–Kier alpha value is -2.03. The molecule has 0 aliphatic carbocycles. The van der Waals surface area contributed by atoms with Crippen LogP contribution in [-0.4, -0.2) is 58.2 Å². The SMILES string of the molecule is CS(=O)(=O)N(CC(=O)N1CCN(c2ccc(F)cc2)CC1)c1cc(Cl)cc(Cl)c1. The molecule has 1 heterocycles. The van der Waals surface area contributed by atoms with Gasteiger partial charge in [-0.1, -0.05) is 23.2 Å². The second-order valence-electron chi connectivity index (χ2n) is 6.74. The number of rotatable bonds is 5. The van der Waals surface area contributed by atoms with E-state index < -0.39 is 10.0 Å². The lowest BCUT2D eigenvalue weighted by Crippen LogP contribution is -2.52. The average molecular weight is 460 g/mol. The molecule has 1 amide bonds. The first kappa shape index (κ1) is 21.7. The fourth-order valence-electron chi connectivity index (χ4n) is 3.17. The van der Waals surface area contributed by atoms with Crippen LogP contribution >= 0.6 is 23.2 Å². The highest BCUT2D eigenvalue weighted by Gasteiger charge is 2.27. The molecule has 156 valence electrons. The van der Waals surface area contributed by atoms with Crippen molar-refractivity contribution < 1.29 is 17.6 Å². The Balaban J connectivity index is 1.68. The Morgan fingerprint density at radius 1 is 1.03 bits per heavy atom. The molecule has 0 aromatic heterocycles. The van der Waals surface area contributed by atoms with E-state index in [1.165, 1.54) is 30.3 Å². The van der Waals surface area contributed by atoms with Crippen LogP contribution in [0.4, 0.5) is 15.8 Å². The topological polar surface area (TPSA) is 60.9 Å². The summed E-state index contributed by atoms with van der Waals surface area (Å²) in [7, 11) is -3.72. The van der Waals surface area contributed by atoms with E-state index >= 15 is 0 Å². The first-order valence-corrected chi connectivity index (χ1v) is 11.5. The molecule has 0 bridgehead atoms. The molecule has 1 saturated heterocycles. The minimum atomic E-state index is -3.72. The summed E-state index contributed by atoms with van der Waals surface area (Å²) in [5, 5.41) is 0.558. The Morgan fingerprint density at radius 2 is 1.59 bits per heavy atom. The highest BCUT2D eigenvalue weighted by molar-refractivity contribution is 7.92. The quantitative estimate of drug-likeness (QED) is 0.688. The number of amides is 1. The summed E-state index contributed by atoms with van der Waals surface area (Å²) in [4.78, 5) is 16.4. The molecule has 1 aliphatic rings. The Labute approximate surface area is 179 Å². The lowest BCUT2D eigenvalue weighted by Gasteiger charge is -2.37. The molecular weight excluding hydrogens is 440 g/mol. The van der Waals surface area contributed by atoms with Crippen molar-refractivity contribution in [2.45, 2.75) is 0 Å². The van der Waals surface area contributed by atoms with Gasteiger partial charge in [0.2, 0.25) is 15.9 Å².